The number of amides is 1. The van der Waals surface area contributed by atoms with Gasteiger partial charge in [0.2, 0.25) is 0 Å². The zero-order chi connectivity index (χ0) is 19.4. The summed E-state index contributed by atoms with van der Waals surface area (Å²) < 4.78 is 44.6. The van der Waals surface area contributed by atoms with E-state index in [2.05, 4.69) is 4.98 Å². The van der Waals surface area contributed by atoms with Gasteiger partial charge in [-0.2, -0.15) is 13.2 Å². The Morgan fingerprint density at radius 2 is 1.85 bits per heavy atom. The van der Waals surface area contributed by atoms with E-state index in [-0.39, 0.29) is 13.2 Å². The van der Waals surface area contributed by atoms with Crippen LogP contribution >= 0.6 is 11.6 Å². The Hall–Kier alpha value is -2.74. The fourth-order valence-electron chi connectivity index (χ4n) is 2.56. The molecule has 3 rings (SSSR count). The molecule has 0 saturated carbocycles. The predicted molar refractivity (Wildman–Crippen MR) is 94.6 cm³/mol. The SMILES string of the molecule is O=C(NCc1nc2ccccc2n1CCOc1ccc(Cl)cc1)C(F)(F)F. The van der Waals surface area contributed by atoms with Gasteiger partial charge in [0.1, 0.15) is 18.2 Å². The number of para-hydroxylation sites is 2. The van der Waals surface area contributed by atoms with Crippen molar-refractivity contribution in [3.05, 3.63) is 59.4 Å². The smallest absolute Gasteiger partial charge is 0.471 e. The summed E-state index contributed by atoms with van der Waals surface area (Å²) in [7, 11) is 0. The van der Waals surface area contributed by atoms with Gasteiger partial charge in [-0.25, -0.2) is 4.98 Å². The summed E-state index contributed by atoms with van der Waals surface area (Å²) in [6.45, 7) is 0.274. The molecule has 0 bridgehead atoms. The summed E-state index contributed by atoms with van der Waals surface area (Å²) in [6.07, 6.45) is -4.94. The first-order chi connectivity index (χ1) is 12.8. The zero-order valence-electron chi connectivity index (χ0n) is 14.0. The van der Waals surface area contributed by atoms with Crippen molar-refractivity contribution < 1.29 is 22.7 Å². The van der Waals surface area contributed by atoms with Crippen molar-refractivity contribution in [2.75, 3.05) is 6.61 Å². The van der Waals surface area contributed by atoms with Gasteiger partial charge in [0.15, 0.2) is 0 Å². The molecule has 0 radical (unpaired) electrons. The lowest BCUT2D eigenvalue weighted by Crippen LogP contribution is -2.37. The molecule has 5 nitrogen and oxygen atoms in total. The monoisotopic (exact) mass is 397 g/mol. The van der Waals surface area contributed by atoms with E-state index < -0.39 is 12.1 Å². The van der Waals surface area contributed by atoms with E-state index in [9.17, 15) is 18.0 Å². The lowest BCUT2D eigenvalue weighted by Gasteiger charge is -2.12. The molecule has 1 N–H and O–H groups in total. The molecule has 3 aromatic rings. The van der Waals surface area contributed by atoms with Crippen LogP contribution in [0.1, 0.15) is 5.82 Å². The van der Waals surface area contributed by atoms with Crippen LogP contribution in [-0.4, -0.2) is 28.2 Å². The highest BCUT2D eigenvalue weighted by atomic mass is 35.5. The predicted octanol–water partition coefficient (Wildman–Crippen LogP) is 3.95. The number of rotatable bonds is 6. The Bertz CT molecular complexity index is 939. The van der Waals surface area contributed by atoms with E-state index in [1.54, 1.807) is 53.1 Å². The maximum absolute atomic E-state index is 12.4. The zero-order valence-corrected chi connectivity index (χ0v) is 14.7. The third-order valence-corrected chi connectivity index (χ3v) is 4.05. The molecule has 1 aromatic heterocycles. The number of fused-ring (bicyclic) bond motifs is 1. The molecule has 0 aliphatic heterocycles. The largest absolute Gasteiger partial charge is 0.492 e. The molecule has 142 valence electrons. The van der Waals surface area contributed by atoms with Crippen LogP contribution in [0.15, 0.2) is 48.5 Å². The minimum atomic E-state index is -4.94. The minimum Gasteiger partial charge on any atom is -0.492 e. The summed E-state index contributed by atoms with van der Waals surface area (Å²) >= 11 is 5.82. The number of halogens is 4. The number of hydrogen-bond acceptors (Lipinski definition) is 3. The van der Waals surface area contributed by atoms with Crippen molar-refractivity contribution >= 4 is 28.5 Å². The van der Waals surface area contributed by atoms with Crippen LogP contribution in [0.3, 0.4) is 0 Å². The van der Waals surface area contributed by atoms with Gasteiger partial charge in [-0.3, -0.25) is 4.79 Å². The van der Waals surface area contributed by atoms with Crippen LogP contribution in [0.25, 0.3) is 11.0 Å². The number of hydrogen-bond donors (Lipinski definition) is 1. The van der Waals surface area contributed by atoms with Gasteiger partial charge in [0.05, 0.1) is 24.1 Å². The second-order valence-electron chi connectivity index (χ2n) is 5.65. The van der Waals surface area contributed by atoms with Gasteiger partial charge in [0.25, 0.3) is 0 Å². The number of imidazole rings is 1. The number of carbonyl (C=O) groups is 1. The van der Waals surface area contributed by atoms with Crippen LogP contribution < -0.4 is 10.1 Å². The third kappa shape index (κ3) is 4.71. The molecule has 0 aliphatic rings. The second kappa shape index (κ2) is 7.87. The van der Waals surface area contributed by atoms with Crippen molar-refractivity contribution in [3.63, 3.8) is 0 Å². The highest BCUT2D eigenvalue weighted by molar-refractivity contribution is 6.30. The molecule has 0 fully saturated rings. The van der Waals surface area contributed by atoms with Crippen molar-refractivity contribution in [2.24, 2.45) is 0 Å². The maximum atomic E-state index is 12.4. The van der Waals surface area contributed by atoms with Crippen LogP contribution in [0.5, 0.6) is 5.75 Å². The quantitative estimate of drug-likeness (QED) is 0.685. The number of ether oxygens (including phenoxy) is 1. The Kier molecular flexibility index (Phi) is 5.55. The Morgan fingerprint density at radius 1 is 1.15 bits per heavy atom. The van der Waals surface area contributed by atoms with Crippen LogP contribution in [0, 0.1) is 0 Å². The molecule has 0 saturated heterocycles. The number of aromatic nitrogens is 2. The van der Waals surface area contributed by atoms with Gasteiger partial charge in [-0.15, -0.1) is 0 Å². The molecule has 0 atom stereocenters. The minimum absolute atomic E-state index is 0.266. The van der Waals surface area contributed by atoms with E-state index in [0.29, 0.717) is 28.7 Å². The van der Waals surface area contributed by atoms with Crippen molar-refractivity contribution in [1.29, 1.82) is 0 Å². The molecule has 0 unspecified atom stereocenters. The summed E-state index contributed by atoms with van der Waals surface area (Å²) in [5.74, 6) is -1.07. The molecule has 0 aliphatic carbocycles. The molecular formula is C18H15ClF3N3O2. The fraction of sp³-hybridized carbons (Fsp3) is 0.222. The van der Waals surface area contributed by atoms with Gasteiger partial charge >= 0.3 is 12.1 Å². The Balaban J connectivity index is 1.74. The topological polar surface area (TPSA) is 56.2 Å². The molecule has 2 aromatic carbocycles. The standard InChI is InChI=1S/C18H15ClF3N3O2/c19-12-5-7-13(8-6-12)27-10-9-25-15-4-2-1-3-14(15)24-16(25)11-23-17(26)18(20,21)22/h1-8H,9-11H2,(H,23,26). The third-order valence-electron chi connectivity index (χ3n) is 3.80. The summed E-state index contributed by atoms with van der Waals surface area (Å²) in [5.41, 5.74) is 1.37. The lowest BCUT2D eigenvalue weighted by atomic mass is 10.3. The van der Waals surface area contributed by atoms with Crippen molar-refractivity contribution in [1.82, 2.24) is 14.9 Å². The molecular weight excluding hydrogens is 383 g/mol. The van der Waals surface area contributed by atoms with Gasteiger partial charge in [-0.1, -0.05) is 23.7 Å². The maximum Gasteiger partial charge on any atom is 0.471 e. The van der Waals surface area contributed by atoms with E-state index in [0.717, 1.165) is 5.52 Å². The number of nitrogens with one attached hydrogen (secondary N) is 1. The second-order valence-corrected chi connectivity index (χ2v) is 6.09. The fourth-order valence-corrected chi connectivity index (χ4v) is 2.68. The summed E-state index contributed by atoms with van der Waals surface area (Å²) in [5, 5.41) is 2.44. The van der Waals surface area contributed by atoms with E-state index in [1.165, 1.54) is 0 Å². The molecule has 9 heteroatoms. The first-order valence-corrected chi connectivity index (χ1v) is 8.40. The average Bonchev–Trinajstić information content (AvgIpc) is 2.98. The van der Waals surface area contributed by atoms with Gasteiger partial charge in [-0.05, 0) is 36.4 Å². The molecule has 27 heavy (non-hydrogen) atoms. The first-order valence-electron chi connectivity index (χ1n) is 8.02. The molecule has 0 spiro atoms. The van der Waals surface area contributed by atoms with Crippen LogP contribution in [0.2, 0.25) is 5.02 Å². The number of carbonyl (C=O) groups excluding carboxylic acids is 1. The highest BCUT2D eigenvalue weighted by Gasteiger charge is 2.38. The Morgan fingerprint density at radius 3 is 2.56 bits per heavy atom. The highest BCUT2D eigenvalue weighted by Crippen LogP contribution is 2.19. The molecule has 1 heterocycles. The van der Waals surface area contributed by atoms with Crippen LogP contribution in [-0.2, 0) is 17.9 Å². The number of nitrogens with zero attached hydrogens (tertiary/aromatic N) is 2. The van der Waals surface area contributed by atoms with Crippen molar-refractivity contribution in [3.8, 4) is 5.75 Å². The van der Waals surface area contributed by atoms with Crippen LogP contribution in [0.4, 0.5) is 13.2 Å². The molecule has 1 amide bonds. The van der Waals surface area contributed by atoms with E-state index in [1.807, 2.05) is 5.32 Å². The number of benzene rings is 2. The normalized spacial score (nSPS) is 11.6. The summed E-state index contributed by atoms with van der Waals surface area (Å²) in [4.78, 5) is 15.4. The van der Waals surface area contributed by atoms with Gasteiger partial charge in [0, 0.05) is 5.02 Å². The number of alkyl halides is 3. The van der Waals surface area contributed by atoms with Gasteiger partial charge < -0.3 is 14.6 Å². The summed E-state index contributed by atoms with van der Waals surface area (Å²) in [6, 6.07) is 14.0. The lowest BCUT2D eigenvalue weighted by molar-refractivity contribution is -0.173. The Labute approximate surface area is 157 Å². The average molecular weight is 398 g/mol. The van der Waals surface area contributed by atoms with E-state index in [4.69, 9.17) is 16.3 Å². The first kappa shape index (κ1) is 19.0. The van der Waals surface area contributed by atoms with E-state index >= 15 is 0 Å². The van der Waals surface area contributed by atoms with Crippen molar-refractivity contribution in [2.45, 2.75) is 19.3 Å².